The molecule has 6 heteroatoms. The van der Waals surface area contributed by atoms with Gasteiger partial charge in [-0.25, -0.2) is 4.79 Å². The smallest absolute Gasteiger partial charge is 0.330 e. The Morgan fingerprint density at radius 1 is 0.957 bits per heavy atom. The lowest BCUT2D eigenvalue weighted by Crippen LogP contribution is -2.01. The SMILES string of the molecule is C=CC(=O)OCCCCCC(C)C.O=C(O)CCCCC(=O)O. The third-order valence-corrected chi connectivity index (χ3v) is 2.87. The van der Waals surface area contributed by atoms with Crippen LogP contribution in [0.3, 0.4) is 0 Å². The lowest BCUT2D eigenvalue weighted by Gasteiger charge is -2.04. The van der Waals surface area contributed by atoms with Crippen molar-refractivity contribution in [2.24, 2.45) is 5.92 Å². The van der Waals surface area contributed by atoms with E-state index in [9.17, 15) is 14.4 Å². The molecule has 0 saturated carbocycles. The molecule has 0 spiro atoms. The molecule has 0 rings (SSSR count). The van der Waals surface area contributed by atoms with E-state index >= 15 is 0 Å². The highest BCUT2D eigenvalue weighted by Gasteiger charge is 1.99. The van der Waals surface area contributed by atoms with Crippen molar-refractivity contribution >= 4 is 17.9 Å². The summed E-state index contributed by atoms with van der Waals surface area (Å²) in [5, 5.41) is 16.3. The zero-order valence-corrected chi connectivity index (χ0v) is 14.3. The number of rotatable bonds is 12. The van der Waals surface area contributed by atoms with Crippen molar-refractivity contribution in [3.8, 4) is 0 Å². The number of carboxylic acid groups (broad SMARTS) is 2. The molecule has 0 saturated heterocycles. The van der Waals surface area contributed by atoms with Crippen LogP contribution in [0.5, 0.6) is 0 Å². The van der Waals surface area contributed by atoms with Crippen LogP contribution in [-0.4, -0.2) is 34.7 Å². The molecule has 0 aliphatic rings. The summed E-state index contributed by atoms with van der Waals surface area (Å²) >= 11 is 0. The van der Waals surface area contributed by atoms with Gasteiger partial charge in [-0.3, -0.25) is 9.59 Å². The minimum Gasteiger partial charge on any atom is -0.481 e. The lowest BCUT2D eigenvalue weighted by molar-refractivity contribution is -0.139. The van der Waals surface area contributed by atoms with Gasteiger partial charge in [-0.1, -0.05) is 39.7 Å². The van der Waals surface area contributed by atoms with Crippen LogP contribution in [0.1, 0.15) is 65.2 Å². The Hall–Kier alpha value is -1.85. The zero-order valence-electron chi connectivity index (χ0n) is 14.3. The average Bonchev–Trinajstić information content (AvgIpc) is 2.47. The minimum absolute atomic E-state index is 0.0628. The van der Waals surface area contributed by atoms with E-state index in [1.54, 1.807) is 0 Å². The van der Waals surface area contributed by atoms with Crippen molar-refractivity contribution in [3.05, 3.63) is 12.7 Å². The maximum absolute atomic E-state index is 10.6. The van der Waals surface area contributed by atoms with Crippen molar-refractivity contribution in [2.75, 3.05) is 6.61 Å². The number of carbonyl (C=O) groups is 3. The van der Waals surface area contributed by atoms with E-state index in [2.05, 4.69) is 20.4 Å². The van der Waals surface area contributed by atoms with Crippen LogP contribution in [0.15, 0.2) is 12.7 Å². The maximum Gasteiger partial charge on any atom is 0.330 e. The average molecular weight is 330 g/mol. The van der Waals surface area contributed by atoms with Crippen molar-refractivity contribution < 1.29 is 29.3 Å². The summed E-state index contributed by atoms with van der Waals surface area (Å²) < 4.78 is 4.84. The van der Waals surface area contributed by atoms with Gasteiger partial charge in [-0.2, -0.15) is 0 Å². The van der Waals surface area contributed by atoms with Gasteiger partial charge < -0.3 is 14.9 Å². The third kappa shape index (κ3) is 25.4. The molecule has 0 amide bonds. The lowest BCUT2D eigenvalue weighted by atomic mass is 10.1. The highest BCUT2D eigenvalue weighted by atomic mass is 16.5. The highest BCUT2D eigenvalue weighted by molar-refractivity contribution is 5.81. The number of ether oxygens (including phenoxy) is 1. The van der Waals surface area contributed by atoms with E-state index in [1.807, 2.05) is 0 Å². The summed E-state index contributed by atoms with van der Waals surface area (Å²) in [4.78, 5) is 30.4. The molecule has 0 bridgehead atoms. The number of carboxylic acids is 2. The van der Waals surface area contributed by atoms with Gasteiger partial charge in [0.15, 0.2) is 0 Å². The fourth-order valence-electron chi connectivity index (χ4n) is 1.62. The number of hydrogen-bond donors (Lipinski definition) is 2. The molecule has 2 N–H and O–H groups in total. The summed E-state index contributed by atoms with van der Waals surface area (Å²) in [5.74, 6) is -1.28. The molecule has 0 aromatic rings. The third-order valence-electron chi connectivity index (χ3n) is 2.87. The Bertz CT molecular complexity index is 333. The summed E-state index contributed by atoms with van der Waals surface area (Å²) in [6.45, 7) is 8.29. The van der Waals surface area contributed by atoms with Gasteiger partial charge in [0.25, 0.3) is 0 Å². The second-order valence-electron chi connectivity index (χ2n) is 5.61. The van der Waals surface area contributed by atoms with Crippen molar-refractivity contribution in [3.63, 3.8) is 0 Å². The summed E-state index contributed by atoms with van der Waals surface area (Å²) in [6, 6.07) is 0. The Labute approximate surface area is 138 Å². The van der Waals surface area contributed by atoms with Gasteiger partial charge in [-0.15, -0.1) is 0 Å². The van der Waals surface area contributed by atoms with Crippen LogP contribution in [0.25, 0.3) is 0 Å². The number of carbonyl (C=O) groups excluding carboxylic acids is 1. The van der Waals surface area contributed by atoms with E-state index < -0.39 is 11.9 Å². The second kappa shape index (κ2) is 16.5. The molecule has 0 heterocycles. The number of aliphatic carboxylic acids is 2. The predicted octanol–water partition coefficient (Wildman–Crippen LogP) is 3.65. The fourth-order valence-corrected chi connectivity index (χ4v) is 1.62. The molecule has 0 aliphatic heterocycles. The summed E-state index contributed by atoms with van der Waals surface area (Å²) in [5.41, 5.74) is 0. The molecule has 0 fully saturated rings. The molecule has 23 heavy (non-hydrogen) atoms. The van der Waals surface area contributed by atoms with Crippen LogP contribution in [-0.2, 0) is 19.1 Å². The largest absolute Gasteiger partial charge is 0.481 e. The maximum atomic E-state index is 10.6. The van der Waals surface area contributed by atoms with Crippen LogP contribution in [0, 0.1) is 5.92 Å². The quantitative estimate of drug-likeness (QED) is 0.322. The zero-order chi connectivity index (χ0) is 18.1. The molecule has 0 atom stereocenters. The van der Waals surface area contributed by atoms with E-state index in [1.165, 1.54) is 18.9 Å². The van der Waals surface area contributed by atoms with E-state index in [0.29, 0.717) is 19.4 Å². The first kappa shape index (κ1) is 23.4. The van der Waals surface area contributed by atoms with Crippen LogP contribution < -0.4 is 0 Å². The van der Waals surface area contributed by atoms with E-state index in [-0.39, 0.29) is 18.8 Å². The van der Waals surface area contributed by atoms with Crippen molar-refractivity contribution in [1.82, 2.24) is 0 Å². The van der Waals surface area contributed by atoms with Crippen LogP contribution >= 0.6 is 0 Å². The summed E-state index contributed by atoms with van der Waals surface area (Å²) in [7, 11) is 0. The normalized spacial score (nSPS) is 9.70. The highest BCUT2D eigenvalue weighted by Crippen LogP contribution is 2.07. The molecular weight excluding hydrogens is 300 g/mol. The number of hydrogen-bond acceptors (Lipinski definition) is 4. The van der Waals surface area contributed by atoms with Crippen LogP contribution in [0.4, 0.5) is 0 Å². The molecule has 134 valence electrons. The van der Waals surface area contributed by atoms with Gasteiger partial charge in [0.1, 0.15) is 0 Å². The predicted molar refractivity (Wildman–Crippen MR) is 88.2 cm³/mol. The van der Waals surface area contributed by atoms with E-state index in [4.69, 9.17) is 14.9 Å². The standard InChI is InChI=1S/C11H20O2.C6H10O4/c1-4-11(12)13-9-7-5-6-8-10(2)3;7-5(8)3-1-2-4-6(9)10/h4,10H,1,5-9H2,2-3H3;1-4H2,(H,7,8)(H,9,10). The van der Waals surface area contributed by atoms with Gasteiger partial charge in [-0.05, 0) is 25.2 Å². The molecule has 0 aromatic heterocycles. The topological polar surface area (TPSA) is 101 Å². The Morgan fingerprint density at radius 3 is 1.87 bits per heavy atom. The first-order valence-electron chi connectivity index (χ1n) is 8.02. The Balaban J connectivity index is 0. The van der Waals surface area contributed by atoms with Gasteiger partial charge >= 0.3 is 17.9 Å². The molecule has 0 unspecified atom stereocenters. The minimum atomic E-state index is -0.870. The first-order chi connectivity index (χ1) is 10.8. The Morgan fingerprint density at radius 2 is 1.48 bits per heavy atom. The summed E-state index contributed by atoms with van der Waals surface area (Å²) in [6.07, 6.45) is 6.81. The Kier molecular flexibility index (Phi) is 16.8. The van der Waals surface area contributed by atoms with Crippen LogP contribution in [0.2, 0.25) is 0 Å². The first-order valence-corrected chi connectivity index (χ1v) is 8.02. The molecule has 0 aliphatic carbocycles. The monoisotopic (exact) mass is 330 g/mol. The molecule has 0 aromatic carbocycles. The number of unbranched alkanes of at least 4 members (excludes halogenated alkanes) is 3. The van der Waals surface area contributed by atoms with Gasteiger partial charge in [0, 0.05) is 18.9 Å². The number of esters is 1. The molecular formula is C17H30O6. The second-order valence-corrected chi connectivity index (χ2v) is 5.61. The van der Waals surface area contributed by atoms with E-state index in [0.717, 1.165) is 18.8 Å². The van der Waals surface area contributed by atoms with Gasteiger partial charge in [0.2, 0.25) is 0 Å². The van der Waals surface area contributed by atoms with Crippen molar-refractivity contribution in [2.45, 2.75) is 65.2 Å². The van der Waals surface area contributed by atoms with Crippen molar-refractivity contribution in [1.29, 1.82) is 0 Å². The van der Waals surface area contributed by atoms with Gasteiger partial charge in [0.05, 0.1) is 6.61 Å². The molecule has 6 nitrogen and oxygen atoms in total. The molecule has 0 radical (unpaired) electrons. The fraction of sp³-hybridized carbons (Fsp3) is 0.706.